The van der Waals surface area contributed by atoms with Crippen LogP contribution >= 0.6 is 0 Å². The molecule has 0 radical (unpaired) electrons. The molecule has 47 heavy (non-hydrogen) atoms. The van der Waals surface area contributed by atoms with E-state index in [1.54, 1.807) is 0 Å². The van der Waals surface area contributed by atoms with Crippen molar-refractivity contribution >= 4 is 54.3 Å². The number of furan rings is 1. The molecule has 0 N–H and O–H groups in total. The zero-order chi connectivity index (χ0) is 30.9. The highest BCUT2D eigenvalue weighted by Crippen LogP contribution is 2.46. The normalized spacial score (nSPS) is 11.8. The summed E-state index contributed by atoms with van der Waals surface area (Å²) in [6.45, 7) is 0. The minimum Gasteiger partial charge on any atom is -0.456 e. The standard InChI is InChI=1S/C46H28O/c1-2-12-29(13-3-1)30-14-8-16-32(26-30)43-35-19-4-6-21-37(35)44(38-22-7-5-20-36(38)43)33-17-9-15-31(27-33)40-28-34-18-10-24-41-45(34)46-39(40)23-11-25-42(46)47-41/h1-28H. The van der Waals surface area contributed by atoms with Crippen LogP contribution in [0.4, 0.5) is 0 Å². The van der Waals surface area contributed by atoms with Gasteiger partial charge < -0.3 is 4.42 Å². The fourth-order valence-corrected chi connectivity index (χ4v) is 7.79. The van der Waals surface area contributed by atoms with Crippen molar-refractivity contribution in [3.63, 3.8) is 0 Å². The molecule has 1 nitrogen and oxygen atoms in total. The predicted octanol–water partition coefficient (Wildman–Crippen LogP) is 13.2. The van der Waals surface area contributed by atoms with E-state index < -0.39 is 0 Å². The molecule has 218 valence electrons. The Balaban J connectivity index is 1.22. The summed E-state index contributed by atoms with van der Waals surface area (Å²) < 4.78 is 6.27. The van der Waals surface area contributed by atoms with Gasteiger partial charge in [0.15, 0.2) is 0 Å². The van der Waals surface area contributed by atoms with Crippen LogP contribution in [0.5, 0.6) is 0 Å². The van der Waals surface area contributed by atoms with Gasteiger partial charge in [-0.2, -0.15) is 0 Å². The largest absolute Gasteiger partial charge is 0.456 e. The third kappa shape index (κ3) is 3.97. The van der Waals surface area contributed by atoms with E-state index in [-0.39, 0.29) is 0 Å². The Morgan fingerprint density at radius 1 is 0.298 bits per heavy atom. The van der Waals surface area contributed by atoms with E-state index in [1.807, 2.05) is 0 Å². The number of rotatable bonds is 4. The minimum atomic E-state index is 0.940. The van der Waals surface area contributed by atoms with Gasteiger partial charge in [-0.3, -0.25) is 0 Å². The van der Waals surface area contributed by atoms with Crippen LogP contribution in [0.25, 0.3) is 98.8 Å². The summed E-state index contributed by atoms with van der Waals surface area (Å²) in [6.07, 6.45) is 0. The molecule has 1 heteroatoms. The summed E-state index contributed by atoms with van der Waals surface area (Å²) >= 11 is 0. The molecule has 10 rings (SSSR count). The first-order chi connectivity index (χ1) is 23.3. The van der Waals surface area contributed by atoms with Gasteiger partial charge in [-0.1, -0.05) is 140 Å². The molecular formula is C46H28O. The van der Waals surface area contributed by atoms with Crippen molar-refractivity contribution in [2.24, 2.45) is 0 Å². The zero-order valence-corrected chi connectivity index (χ0v) is 25.6. The van der Waals surface area contributed by atoms with E-state index in [9.17, 15) is 0 Å². The van der Waals surface area contributed by atoms with Gasteiger partial charge in [0.25, 0.3) is 0 Å². The van der Waals surface area contributed by atoms with Gasteiger partial charge in [0.1, 0.15) is 11.2 Å². The first-order valence-electron chi connectivity index (χ1n) is 16.2. The monoisotopic (exact) mass is 596 g/mol. The highest BCUT2D eigenvalue weighted by molar-refractivity contribution is 6.25. The Morgan fingerprint density at radius 2 is 0.766 bits per heavy atom. The SMILES string of the molecule is c1ccc(-c2cccc(-c3c4ccccc4c(-c4cccc(-c5cc6cccc7oc8cccc5c8c67)c4)c4ccccc34)c2)cc1. The first kappa shape index (κ1) is 26.1. The van der Waals surface area contributed by atoms with E-state index in [0.29, 0.717) is 0 Å². The fourth-order valence-electron chi connectivity index (χ4n) is 7.79. The lowest BCUT2D eigenvalue weighted by molar-refractivity contribution is 0.669. The molecule has 0 bridgehead atoms. The topological polar surface area (TPSA) is 13.1 Å². The Morgan fingerprint density at radius 3 is 1.43 bits per heavy atom. The highest BCUT2D eigenvalue weighted by Gasteiger charge is 2.19. The van der Waals surface area contributed by atoms with Gasteiger partial charge in [-0.15, -0.1) is 0 Å². The second-order valence-electron chi connectivity index (χ2n) is 12.4. The molecule has 0 atom stereocenters. The van der Waals surface area contributed by atoms with Crippen molar-refractivity contribution in [1.29, 1.82) is 0 Å². The summed E-state index contributed by atoms with van der Waals surface area (Å²) in [5.74, 6) is 0. The molecule has 0 fully saturated rings. The van der Waals surface area contributed by atoms with Gasteiger partial charge in [0, 0.05) is 10.8 Å². The zero-order valence-electron chi connectivity index (χ0n) is 25.6. The maximum atomic E-state index is 6.27. The average molecular weight is 597 g/mol. The maximum Gasteiger partial charge on any atom is 0.136 e. The van der Waals surface area contributed by atoms with Crippen LogP contribution < -0.4 is 0 Å². The smallest absolute Gasteiger partial charge is 0.136 e. The van der Waals surface area contributed by atoms with Crippen LogP contribution in [0, 0.1) is 0 Å². The van der Waals surface area contributed by atoms with Crippen LogP contribution in [0.3, 0.4) is 0 Å². The summed E-state index contributed by atoms with van der Waals surface area (Å²) in [5.41, 5.74) is 11.7. The van der Waals surface area contributed by atoms with Crippen LogP contribution in [0.15, 0.2) is 174 Å². The summed E-state index contributed by atoms with van der Waals surface area (Å²) in [5, 5.41) is 9.87. The molecule has 0 aliphatic carbocycles. The molecule has 9 aromatic carbocycles. The Kier molecular flexibility index (Phi) is 5.64. The minimum absolute atomic E-state index is 0.940. The number of hydrogen-bond donors (Lipinski definition) is 0. The lowest BCUT2D eigenvalue weighted by atomic mass is 9.84. The third-order valence-corrected chi connectivity index (χ3v) is 9.80. The Hall–Kier alpha value is -6.18. The summed E-state index contributed by atoms with van der Waals surface area (Å²) in [7, 11) is 0. The van der Waals surface area contributed by atoms with Gasteiger partial charge in [-0.05, 0) is 107 Å². The molecule has 1 aromatic heterocycles. The highest BCUT2D eigenvalue weighted by atomic mass is 16.3. The van der Waals surface area contributed by atoms with Crippen molar-refractivity contribution in [2.45, 2.75) is 0 Å². The third-order valence-electron chi connectivity index (χ3n) is 9.80. The number of benzene rings is 9. The number of fused-ring (bicyclic) bond motifs is 2. The molecule has 10 aromatic rings. The summed E-state index contributed by atoms with van der Waals surface area (Å²) in [6, 6.07) is 61.6. The molecule has 0 aliphatic rings. The Bertz CT molecular complexity index is 2730. The number of hydrogen-bond acceptors (Lipinski definition) is 1. The van der Waals surface area contributed by atoms with Crippen LogP contribution in [0.1, 0.15) is 0 Å². The molecule has 0 aliphatic heterocycles. The van der Waals surface area contributed by atoms with E-state index in [4.69, 9.17) is 4.42 Å². The molecule has 0 unspecified atom stereocenters. The van der Waals surface area contributed by atoms with Crippen LogP contribution in [0.2, 0.25) is 0 Å². The van der Waals surface area contributed by atoms with Crippen molar-refractivity contribution in [3.8, 4) is 44.5 Å². The van der Waals surface area contributed by atoms with Crippen LogP contribution in [-0.2, 0) is 0 Å². The van der Waals surface area contributed by atoms with Crippen molar-refractivity contribution < 1.29 is 4.42 Å². The van der Waals surface area contributed by atoms with Gasteiger partial charge in [-0.25, -0.2) is 0 Å². The van der Waals surface area contributed by atoms with Gasteiger partial charge in [0.05, 0.1) is 0 Å². The predicted molar refractivity (Wildman–Crippen MR) is 199 cm³/mol. The molecule has 0 saturated carbocycles. The van der Waals surface area contributed by atoms with Gasteiger partial charge in [0.2, 0.25) is 0 Å². The van der Waals surface area contributed by atoms with Gasteiger partial charge >= 0.3 is 0 Å². The van der Waals surface area contributed by atoms with E-state index in [2.05, 4.69) is 170 Å². The van der Waals surface area contributed by atoms with E-state index in [1.165, 1.54) is 87.6 Å². The van der Waals surface area contributed by atoms with Crippen molar-refractivity contribution in [1.82, 2.24) is 0 Å². The molecule has 0 amide bonds. The molecule has 0 spiro atoms. The fraction of sp³-hybridized carbons (Fsp3) is 0. The molecule has 1 heterocycles. The van der Waals surface area contributed by atoms with Crippen molar-refractivity contribution in [3.05, 3.63) is 170 Å². The molecular weight excluding hydrogens is 569 g/mol. The maximum absolute atomic E-state index is 6.27. The lowest BCUT2D eigenvalue weighted by Gasteiger charge is -2.19. The summed E-state index contributed by atoms with van der Waals surface area (Å²) in [4.78, 5) is 0. The first-order valence-corrected chi connectivity index (χ1v) is 16.2. The van der Waals surface area contributed by atoms with Crippen molar-refractivity contribution in [2.75, 3.05) is 0 Å². The Labute approximate surface area is 272 Å². The second kappa shape index (κ2) is 10.2. The second-order valence-corrected chi connectivity index (χ2v) is 12.4. The molecule has 0 saturated heterocycles. The quantitative estimate of drug-likeness (QED) is 0.145. The average Bonchev–Trinajstić information content (AvgIpc) is 3.53. The lowest BCUT2D eigenvalue weighted by Crippen LogP contribution is -1.92. The van der Waals surface area contributed by atoms with E-state index >= 15 is 0 Å². The van der Waals surface area contributed by atoms with E-state index in [0.717, 1.165) is 11.2 Å². The van der Waals surface area contributed by atoms with Crippen LogP contribution in [-0.4, -0.2) is 0 Å².